The van der Waals surface area contributed by atoms with Gasteiger partial charge in [-0.05, 0) is 27.8 Å². The minimum Gasteiger partial charge on any atom is -0.858 e. The van der Waals surface area contributed by atoms with Crippen LogP contribution in [-0.2, 0) is 0 Å². The summed E-state index contributed by atoms with van der Waals surface area (Å²) >= 11 is 0. The highest BCUT2D eigenvalue weighted by Crippen LogP contribution is 2.07. The number of hydrogen-bond donors (Lipinski definition) is 1. The zero-order chi connectivity index (χ0) is 13.8. The minimum absolute atomic E-state index is 0.307. The van der Waals surface area contributed by atoms with Crippen molar-refractivity contribution in [2.45, 2.75) is 13.8 Å². The van der Waals surface area contributed by atoms with Gasteiger partial charge < -0.3 is 5.11 Å². The lowest BCUT2D eigenvalue weighted by Crippen LogP contribution is -2.36. The number of aromatic amines is 1. The van der Waals surface area contributed by atoms with E-state index in [9.17, 15) is 9.90 Å². The Balaban J connectivity index is 2.41. The maximum atomic E-state index is 12.0. The van der Waals surface area contributed by atoms with E-state index >= 15 is 0 Å². The third-order valence-electron chi connectivity index (χ3n) is 2.47. The van der Waals surface area contributed by atoms with Crippen LogP contribution in [0.15, 0.2) is 44.8 Å². The average Bonchev–Trinajstić information content (AvgIpc) is 2.82. The molecule has 0 atom stereocenters. The van der Waals surface area contributed by atoms with Gasteiger partial charge in [0.05, 0.1) is 5.56 Å². The van der Waals surface area contributed by atoms with Gasteiger partial charge in [-0.1, -0.05) is 26.0 Å². The molecule has 0 spiro atoms. The lowest BCUT2D eigenvalue weighted by molar-refractivity contribution is -0.670. The first-order valence-electron chi connectivity index (χ1n) is 5.99. The number of hydrogen-bond acceptors (Lipinski definition) is 4. The van der Waals surface area contributed by atoms with Crippen molar-refractivity contribution in [3.63, 3.8) is 0 Å². The number of nitrogens with one attached hydrogen (secondary N) is 1. The average molecular weight is 261 g/mol. The van der Waals surface area contributed by atoms with Crippen LogP contribution in [0.1, 0.15) is 19.4 Å². The van der Waals surface area contributed by atoms with Gasteiger partial charge >= 0.3 is 5.63 Å². The summed E-state index contributed by atoms with van der Waals surface area (Å²) in [5.74, 6) is 0.0105. The first-order valence-corrected chi connectivity index (χ1v) is 5.99. The molecule has 0 fully saturated rings. The number of rotatable bonds is 4. The van der Waals surface area contributed by atoms with E-state index in [4.69, 9.17) is 0 Å². The standard InChI is InChI=1S/C13H15N3O3/c1-9(2)7-14-13(18)10-5-3-4-6-11(10)16-8-12(17)19-15-16/h3-6,8-9H,7H2,1-2H3,(H-,14,15,17,18). The highest BCUT2D eigenvalue weighted by molar-refractivity contribution is 5.93. The summed E-state index contributed by atoms with van der Waals surface area (Å²) in [6.45, 7) is 4.45. The Morgan fingerprint density at radius 1 is 1.47 bits per heavy atom. The normalized spacial score (nSPS) is 12.1. The number of H-pyrrole nitrogens is 1. The summed E-state index contributed by atoms with van der Waals surface area (Å²) in [5.41, 5.74) is 0.442. The van der Waals surface area contributed by atoms with Crippen molar-refractivity contribution in [2.75, 3.05) is 6.54 Å². The predicted octanol–water partition coefficient (Wildman–Crippen LogP) is 0.00750. The van der Waals surface area contributed by atoms with Gasteiger partial charge in [-0.25, -0.2) is 4.79 Å². The molecule has 2 rings (SSSR count). The molecular weight excluding hydrogens is 246 g/mol. The number of para-hydroxylation sites is 1. The fourth-order valence-electron chi connectivity index (χ4n) is 1.59. The number of aliphatic imine (C=N–C) groups is 1. The van der Waals surface area contributed by atoms with E-state index in [1.54, 1.807) is 24.3 Å². The smallest absolute Gasteiger partial charge is 0.427 e. The van der Waals surface area contributed by atoms with E-state index in [2.05, 4.69) is 14.8 Å². The van der Waals surface area contributed by atoms with Gasteiger partial charge in [0.1, 0.15) is 0 Å². The highest BCUT2D eigenvalue weighted by Gasteiger charge is 2.15. The van der Waals surface area contributed by atoms with Gasteiger partial charge in [-0.3, -0.25) is 9.52 Å². The molecule has 1 heterocycles. The second-order valence-corrected chi connectivity index (χ2v) is 4.57. The Bertz CT molecular complexity index is 640. The summed E-state index contributed by atoms with van der Waals surface area (Å²) in [7, 11) is 0. The summed E-state index contributed by atoms with van der Waals surface area (Å²) in [6, 6.07) is 6.90. The van der Waals surface area contributed by atoms with Crippen LogP contribution < -0.4 is 15.4 Å². The molecule has 6 nitrogen and oxygen atoms in total. The summed E-state index contributed by atoms with van der Waals surface area (Å²) < 4.78 is 5.95. The number of nitrogens with zero attached hydrogens (tertiary/aromatic N) is 2. The number of aromatic nitrogens is 2. The molecule has 0 aliphatic carbocycles. The summed E-state index contributed by atoms with van der Waals surface area (Å²) in [6.07, 6.45) is 1.23. The van der Waals surface area contributed by atoms with E-state index in [-0.39, 0.29) is 5.90 Å². The SMILES string of the molecule is CC(C)CN=C([O-])c1ccccc1-[n+]1cc(=O)o[nH]1. The van der Waals surface area contributed by atoms with Crippen molar-refractivity contribution in [2.24, 2.45) is 10.9 Å². The minimum atomic E-state index is -0.513. The monoisotopic (exact) mass is 261 g/mol. The lowest BCUT2D eigenvalue weighted by atomic mass is 10.1. The van der Waals surface area contributed by atoms with Gasteiger partial charge in [0.2, 0.25) is 5.69 Å². The zero-order valence-corrected chi connectivity index (χ0v) is 10.8. The quantitative estimate of drug-likeness (QED) is 0.478. The topological polar surface area (TPSA) is 85.3 Å². The first kappa shape index (κ1) is 13.1. The second-order valence-electron chi connectivity index (χ2n) is 4.57. The maximum Gasteiger partial charge on any atom is 0.427 e. The van der Waals surface area contributed by atoms with Crippen molar-refractivity contribution >= 4 is 5.90 Å². The zero-order valence-electron chi connectivity index (χ0n) is 10.8. The molecule has 0 radical (unpaired) electrons. The molecule has 1 N–H and O–H groups in total. The second kappa shape index (κ2) is 5.51. The lowest BCUT2D eigenvalue weighted by Gasteiger charge is -2.12. The van der Waals surface area contributed by atoms with Crippen LogP contribution in [0.2, 0.25) is 0 Å². The van der Waals surface area contributed by atoms with E-state index in [0.717, 1.165) is 0 Å². The Morgan fingerprint density at radius 3 is 2.84 bits per heavy atom. The van der Waals surface area contributed by atoms with E-state index < -0.39 is 5.63 Å². The van der Waals surface area contributed by atoms with E-state index in [1.165, 1.54) is 10.9 Å². The maximum absolute atomic E-state index is 12.0. The first-order chi connectivity index (χ1) is 9.08. The molecule has 100 valence electrons. The molecule has 6 heteroatoms. The summed E-state index contributed by atoms with van der Waals surface area (Å²) in [4.78, 5) is 15.0. The largest absolute Gasteiger partial charge is 0.858 e. The molecule has 0 aliphatic rings. The van der Waals surface area contributed by atoms with E-state index in [0.29, 0.717) is 23.7 Å². The molecular formula is C13H15N3O3. The third-order valence-corrected chi connectivity index (χ3v) is 2.47. The molecule has 19 heavy (non-hydrogen) atoms. The number of benzene rings is 1. The van der Waals surface area contributed by atoms with Gasteiger partial charge in [0, 0.05) is 12.6 Å². The van der Waals surface area contributed by atoms with Gasteiger partial charge in [0.15, 0.2) is 0 Å². The molecule has 0 unspecified atom stereocenters. The molecule has 0 bridgehead atoms. The third kappa shape index (κ3) is 3.09. The van der Waals surface area contributed by atoms with Crippen molar-refractivity contribution < 1.29 is 14.3 Å². The van der Waals surface area contributed by atoms with Gasteiger partial charge in [-0.15, -0.1) is 0 Å². The van der Waals surface area contributed by atoms with Crippen LogP contribution in [-0.4, -0.2) is 17.7 Å². The van der Waals surface area contributed by atoms with Crippen molar-refractivity contribution in [1.82, 2.24) is 5.27 Å². The van der Waals surface area contributed by atoms with Crippen LogP contribution >= 0.6 is 0 Å². The Hall–Kier alpha value is -2.37. The molecule has 0 saturated heterocycles. The Kier molecular flexibility index (Phi) is 3.79. The molecule has 1 aromatic heterocycles. The Morgan fingerprint density at radius 2 is 2.21 bits per heavy atom. The van der Waals surface area contributed by atoms with Gasteiger partial charge in [0.25, 0.3) is 6.20 Å². The summed E-state index contributed by atoms with van der Waals surface area (Å²) in [5, 5.41) is 14.5. The molecule has 0 saturated carbocycles. The van der Waals surface area contributed by atoms with Crippen molar-refractivity contribution in [1.29, 1.82) is 0 Å². The Labute approximate surface area is 110 Å². The molecule has 1 aromatic carbocycles. The van der Waals surface area contributed by atoms with Crippen LogP contribution in [0.25, 0.3) is 5.69 Å². The van der Waals surface area contributed by atoms with Crippen molar-refractivity contribution in [3.8, 4) is 5.69 Å². The van der Waals surface area contributed by atoms with E-state index in [1.807, 2.05) is 13.8 Å². The molecule has 2 aromatic rings. The molecule has 0 amide bonds. The predicted molar refractivity (Wildman–Crippen MR) is 67.1 cm³/mol. The van der Waals surface area contributed by atoms with Gasteiger partial charge in [-0.2, -0.15) is 0 Å². The molecule has 0 aliphatic heterocycles. The van der Waals surface area contributed by atoms with Crippen molar-refractivity contribution in [3.05, 3.63) is 46.4 Å². The fraction of sp³-hybridized carbons (Fsp3) is 0.308. The van der Waals surface area contributed by atoms with Crippen LogP contribution in [0, 0.1) is 5.92 Å². The fourth-order valence-corrected chi connectivity index (χ4v) is 1.59. The van der Waals surface area contributed by atoms with Crippen LogP contribution in [0.4, 0.5) is 0 Å². The van der Waals surface area contributed by atoms with Crippen LogP contribution in [0.3, 0.4) is 0 Å². The van der Waals surface area contributed by atoms with Crippen LogP contribution in [0.5, 0.6) is 0 Å². The highest BCUT2D eigenvalue weighted by atomic mass is 16.5.